The molecule has 20 heavy (non-hydrogen) atoms. The van der Waals surface area contributed by atoms with Crippen molar-refractivity contribution in [1.29, 1.82) is 0 Å². The summed E-state index contributed by atoms with van der Waals surface area (Å²) in [7, 11) is 1.61. The van der Waals surface area contributed by atoms with Gasteiger partial charge in [0.2, 0.25) is 0 Å². The van der Waals surface area contributed by atoms with E-state index in [1.807, 2.05) is 11.4 Å². The Bertz CT molecular complexity index is 427. The first-order valence-corrected chi connectivity index (χ1v) is 7.79. The molecule has 1 heterocycles. The molecule has 2 N–H and O–H groups in total. The quantitative estimate of drug-likeness (QED) is 0.776. The highest BCUT2D eigenvalue weighted by Gasteiger charge is 2.22. The average Bonchev–Trinajstić information content (AvgIpc) is 2.83. The number of nitrogens with one attached hydrogen (secondary N) is 1. The van der Waals surface area contributed by atoms with Gasteiger partial charge in [-0.25, -0.2) is 0 Å². The SMILES string of the molecule is COCc1ccsc1C(=O)NCC(C)(O)CCC(C)C. The van der Waals surface area contributed by atoms with Crippen LogP contribution in [0.1, 0.15) is 48.8 Å². The van der Waals surface area contributed by atoms with Crippen LogP contribution in [-0.2, 0) is 11.3 Å². The van der Waals surface area contributed by atoms with Gasteiger partial charge in [0.25, 0.3) is 5.91 Å². The van der Waals surface area contributed by atoms with E-state index in [1.165, 1.54) is 11.3 Å². The number of carbonyl (C=O) groups excluding carboxylic acids is 1. The second kappa shape index (κ2) is 7.76. The maximum absolute atomic E-state index is 12.1. The summed E-state index contributed by atoms with van der Waals surface area (Å²) < 4.78 is 5.06. The smallest absolute Gasteiger partial charge is 0.261 e. The third kappa shape index (κ3) is 5.61. The number of amides is 1. The molecule has 1 atom stereocenters. The number of carbonyl (C=O) groups is 1. The van der Waals surface area contributed by atoms with Gasteiger partial charge >= 0.3 is 0 Å². The van der Waals surface area contributed by atoms with Gasteiger partial charge < -0.3 is 15.2 Å². The lowest BCUT2D eigenvalue weighted by Crippen LogP contribution is -2.40. The maximum atomic E-state index is 12.1. The molecule has 0 saturated heterocycles. The standard InChI is InChI=1S/C15H25NO3S/c1-11(2)5-7-15(3,18)10-16-14(17)13-12(9-19-4)6-8-20-13/h6,8,11,18H,5,7,9-10H2,1-4H3,(H,16,17). The highest BCUT2D eigenvalue weighted by molar-refractivity contribution is 7.12. The Morgan fingerprint density at radius 3 is 2.85 bits per heavy atom. The molecule has 0 aliphatic heterocycles. The molecule has 0 aliphatic rings. The number of ether oxygens (including phenoxy) is 1. The van der Waals surface area contributed by atoms with Crippen LogP contribution in [0.5, 0.6) is 0 Å². The minimum Gasteiger partial charge on any atom is -0.388 e. The fourth-order valence-electron chi connectivity index (χ4n) is 1.84. The van der Waals surface area contributed by atoms with Crippen LogP contribution in [-0.4, -0.2) is 30.3 Å². The van der Waals surface area contributed by atoms with Crippen LogP contribution in [0.25, 0.3) is 0 Å². The van der Waals surface area contributed by atoms with Gasteiger partial charge in [-0.1, -0.05) is 13.8 Å². The summed E-state index contributed by atoms with van der Waals surface area (Å²) in [6, 6.07) is 1.89. The number of thiophene rings is 1. The molecule has 0 aromatic carbocycles. The Morgan fingerprint density at radius 1 is 1.55 bits per heavy atom. The average molecular weight is 299 g/mol. The second-order valence-corrected chi connectivity index (χ2v) is 6.74. The molecular weight excluding hydrogens is 274 g/mol. The van der Waals surface area contributed by atoms with Gasteiger partial charge in [0, 0.05) is 19.2 Å². The zero-order valence-electron chi connectivity index (χ0n) is 12.7. The van der Waals surface area contributed by atoms with Crippen LogP contribution >= 0.6 is 11.3 Å². The molecule has 0 spiro atoms. The monoisotopic (exact) mass is 299 g/mol. The van der Waals surface area contributed by atoms with Crippen molar-refractivity contribution in [2.45, 2.75) is 45.8 Å². The van der Waals surface area contributed by atoms with Gasteiger partial charge in [-0.3, -0.25) is 4.79 Å². The summed E-state index contributed by atoms with van der Waals surface area (Å²) in [5.41, 5.74) is 0.0235. The Labute approximate surface area is 125 Å². The summed E-state index contributed by atoms with van der Waals surface area (Å²) in [5, 5.41) is 14.9. The lowest BCUT2D eigenvalue weighted by atomic mass is 9.95. The van der Waals surface area contributed by atoms with Gasteiger partial charge in [-0.2, -0.15) is 0 Å². The highest BCUT2D eigenvalue weighted by Crippen LogP contribution is 2.19. The first kappa shape index (κ1) is 17.1. The Morgan fingerprint density at radius 2 is 2.25 bits per heavy atom. The Balaban J connectivity index is 2.51. The third-order valence-electron chi connectivity index (χ3n) is 3.14. The van der Waals surface area contributed by atoms with E-state index in [1.54, 1.807) is 14.0 Å². The molecule has 0 saturated carbocycles. The number of aliphatic hydroxyl groups is 1. The molecule has 0 radical (unpaired) electrons. The fraction of sp³-hybridized carbons (Fsp3) is 0.667. The van der Waals surface area contributed by atoms with E-state index < -0.39 is 5.60 Å². The highest BCUT2D eigenvalue weighted by atomic mass is 32.1. The van der Waals surface area contributed by atoms with Crippen molar-refractivity contribution in [2.75, 3.05) is 13.7 Å². The predicted molar refractivity (Wildman–Crippen MR) is 82.1 cm³/mol. The molecule has 0 aliphatic carbocycles. The molecule has 1 aromatic heterocycles. The van der Waals surface area contributed by atoms with E-state index in [0.29, 0.717) is 23.8 Å². The molecule has 0 bridgehead atoms. The summed E-state index contributed by atoms with van der Waals surface area (Å²) in [6.07, 6.45) is 1.62. The molecule has 4 nitrogen and oxygen atoms in total. The van der Waals surface area contributed by atoms with E-state index >= 15 is 0 Å². The molecule has 1 amide bonds. The largest absolute Gasteiger partial charge is 0.388 e. The summed E-state index contributed by atoms with van der Waals surface area (Å²) in [6.45, 7) is 6.70. The minimum atomic E-state index is -0.862. The van der Waals surface area contributed by atoms with Gasteiger partial charge in [-0.05, 0) is 37.1 Å². The Hall–Kier alpha value is -0.910. The van der Waals surface area contributed by atoms with Crippen LogP contribution in [0.4, 0.5) is 0 Å². The number of rotatable bonds is 8. The topological polar surface area (TPSA) is 58.6 Å². The van der Waals surface area contributed by atoms with Crippen molar-refractivity contribution >= 4 is 17.2 Å². The first-order valence-electron chi connectivity index (χ1n) is 6.91. The molecule has 1 unspecified atom stereocenters. The van der Waals surface area contributed by atoms with E-state index in [-0.39, 0.29) is 12.5 Å². The summed E-state index contributed by atoms with van der Waals surface area (Å²) >= 11 is 1.39. The summed E-state index contributed by atoms with van der Waals surface area (Å²) in [5.74, 6) is 0.402. The normalized spacial score (nSPS) is 14.3. The van der Waals surface area contributed by atoms with Crippen LogP contribution < -0.4 is 5.32 Å². The molecule has 114 valence electrons. The van der Waals surface area contributed by atoms with E-state index in [9.17, 15) is 9.90 Å². The molecule has 1 rings (SSSR count). The number of hydrogen-bond acceptors (Lipinski definition) is 4. The fourth-order valence-corrected chi connectivity index (χ4v) is 2.67. The van der Waals surface area contributed by atoms with Crippen molar-refractivity contribution in [1.82, 2.24) is 5.32 Å². The predicted octanol–water partition coefficient (Wildman–Crippen LogP) is 2.81. The molecule has 5 heteroatoms. The second-order valence-electron chi connectivity index (χ2n) is 5.82. The van der Waals surface area contributed by atoms with E-state index in [0.717, 1.165) is 12.0 Å². The van der Waals surface area contributed by atoms with Gasteiger partial charge in [0.1, 0.15) is 0 Å². The number of hydrogen-bond donors (Lipinski definition) is 2. The van der Waals surface area contributed by atoms with Crippen molar-refractivity contribution in [3.63, 3.8) is 0 Å². The van der Waals surface area contributed by atoms with Gasteiger partial charge in [-0.15, -0.1) is 11.3 Å². The van der Waals surface area contributed by atoms with Gasteiger partial charge in [0.05, 0.1) is 17.1 Å². The summed E-state index contributed by atoms with van der Waals surface area (Å²) in [4.78, 5) is 12.8. The van der Waals surface area contributed by atoms with Crippen molar-refractivity contribution in [3.05, 3.63) is 21.9 Å². The lowest BCUT2D eigenvalue weighted by molar-refractivity contribution is 0.0429. The zero-order chi connectivity index (χ0) is 15.2. The van der Waals surface area contributed by atoms with Crippen LogP contribution in [0.15, 0.2) is 11.4 Å². The minimum absolute atomic E-state index is 0.142. The first-order chi connectivity index (χ1) is 9.35. The lowest BCUT2D eigenvalue weighted by Gasteiger charge is -2.24. The molecular formula is C15H25NO3S. The van der Waals surface area contributed by atoms with E-state index in [4.69, 9.17) is 4.74 Å². The van der Waals surface area contributed by atoms with Crippen molar-refractivity contribution in [3.8, 4) is 0 Å². The van der Waals surface area contributed by atoms with Crippen LogP contribution in [0.2, 0.25) is 0 Å². The van der Waals surface area contributed by atoms with Crippen LogP contribution in [0.3, 0.4) is 0 Å². The molecule has 0 fully saturated rings. The van der Waals surface area contributed by atoms with Gasteiger partial charge in [0.15, 0.2) is 0 Å². The van der Waals surface area contributed by atoms with Crippen molar-refractivity contribution in [2.24, 2.45) is 5.92 Å². The Kier molecular flexibility index (Phi) is 6.65. The number of methoxy groups -OCH3 is 1. The third-order valence-corrected chi connectivity index (χ3v) is 4.10. The zero-order valence-corrected chi connectivity index (χ0v) is 13.5. The van der Waals surface area contributed by atoms with Crippen molar-refractivity contribution < 1.29 is 14.6 Å². The van der Waals surface area contributed by atoms with E-state index in [2.05, 4.69) is 19.2 Å². The molecule has 1 aromatic rings. The maximum Gasteiger partial charge on any atom is 0.261 e. The van der Waals surface area contributed by atoms with Crippen LogP contribution in [0, 0.1) is 5.92 Å².